The number of hydrogen-bond acceptors (Lipinski definition) is 4. The number of thioether (sulfide) groups is 2. The molecule has 0 amide bonds. The molecule has 0 rings (SSSR count). The van der Waals surface area contributed by atoms with Gasteiger partial charge in [-0.15, -0.1) is 0 Å². The quantitative estimate of drug-likeness (QED) is 0.538. The Labute approximate surface area is 98.2 Å². The Bertz CT molecular complexity index is 100. The smallest absolute Gasteiger partial charge is 0.106 e. The molecule has 0 spiro atoms. The Balaban J connectivity index is -0.000000266. The molecule has 0 atom stereocenters. The fourth-order valence-corrected chi connectivity index (χ4v) is 1.66. The van der Waals surface area contributed by atoms with Crippen LogP contribution in [0.3, 0.4) is 0 Å². The monoisotopic (exact) mass is 239 g/mol. The molecule has 0 aromatic heterocycles. The zero-order valence-electron chi connectivity index (χ0n) is 10.6. The van der Waals surface area contributed by atoms with Gasteiger partial charge in [0.25, 0.3) is 0 Å². The molecule has 88 valence electrons. The summed E-state index contributed by atoms with van der Waals surface area (Å²) in [5, 5.41) is 3.88. The predicted molar refractivity (Wildman–Crippen MR) is 73.9 cm³/mol. The third-order valence-electron chi connectivity index (χ3n) is 0.842. The maximum Gasteiger partial charge on any atom is 0.106 e. The van der Waals surface area contributed by atoms with Crippen molar-refractivity contribution in [2.24, 2.45) is 5.16 Å². The highest BCUT2D eigenvalue weighted by Gasteiger charge is 1.96. The van der Waals surface area contributed by atoms with Crippen LogP contribution >= 0.6 is 23.5 Å². The van der Waals surface area contributed by atoms with Crippen molar-refractivity contribution < 1.29 is 4.84 Å². The lowest BCUT2D eigenvalue weighted by atomic mass is 10.5. The summed E-state index contributed by atoms with van der Waals surface area (Å²) in [5.41, 5.74) is 1.11. The molecule has 4 heteroatoms. The molecule has 0 saturated heterocycles. The average molecular weight is 239 g/mol. The zero-order valence-corrected chi connectivity index (χ0v) is 12.2. The maximum atomic E-state index is 4.67. The van der Waals surface area contributed by atoms with E-state index in [2.05, 4.69) is 22.5 Å². The normalized spacial score (nSPS) is 7.36. The minimum absolute atomic E-state index is 0.967. The number of rotatable bonds is 5. The molecule has 0 aliphatic carbocycles. The van der Waals surface area contributed by atoms with Gasteiger partial charge in [-0.2, -0.15) is 23.5 Å². The van der Waals surface area contributed by atoms with Gasteiger partial charge in [0.05, 0.1) is 5.71 Å². The predicted octanol–water partition coefficient (Wildman–Crippen LogP) is 3.77. The highest BCUT2D eigenvalue weighted by atomic mass is 32.2. The van der Waals surface area contributed by atoms with E-state index >= 15 is 0 Å². The summed E-state index contributed by atoms with van der Waals surface area (Å²) in [6.07, 6.45) is 4.12. The van der Waals surface area contributed by atoms with Crippen molar-refractivity contribution >= 4 is 29.2 Å². The van der Waals surface area contributed by atoms with E-state index in [0.717, 1.165) is 17.2 Å². The first kappa shape index (κ1) is 19.7. The van der Waals surface area contributed by atoms with Crippen LogP contribution in [0.2, 0.25) is 0 Å². The van der Waals surface area contributed by atoms with Crippen molar-refractivity contribution in [3.8, 4) is 0 Å². The molecule has 0 N–H and O–H groups in total. The molecule has 0 aliphatic heterocycles. The van der Waals surface area contributed by atoms with Crippen LogP contribution < -0.4 is 0 Å². The van der Waals surface area contributed by atoms with Crippen LogP contribution in [0.5, 0.6) is 0 Å². The van der Waals surface area contributed by atoms with E-state index in [-0.39, 0.29) is 0 Å². The second-order valence-electron chi connectivity index (χ2n) is 1.71. The summed E-state index contributed by atoms with van der Waals surface area (Å²) in [4.78, 5) is 4.67. The summed E-state index contributed by atoms with van der Waals surface area (Å²) in [6.45, 7) is 8.00. The Kier molecular flexibility index (Phi) is 32.6. The Hall–Kier alpha value is 0.170. The van der Waals surface area contributed by atoms with Gasteiger partial charge in [0.2, 0.25) is 0 Å². The van der Waals surface area contributed by atoms with E-state index in [4.69, 9.17) is 0 Å². The number of oxime groups is 1. The van der Waals surface area contributed by atoms with Crippen LogP contribution in [0.15, 0.2) is 5.16 Å². The molecule has 0 saturated carbocycles. The molecular weight excluding hydrogens is 214 g/mol. The Morgan fingerprint density at radius 1 is 1.00 bits per heavy atom. The Morgan fingerprint density at radius 3 is 1.57 bits per heavy atom. The molecule has 0 aliphatic rings. The number of hydrogen-bond donors (Lipinski definition) is 0. The summed E-state index contributed by atoms with van der Waals surface area (Å²) < 4.78 is 0. The third kappa shape index (κ3) is 18.1. The van der Waals surface area contributed by atoms with Crippen molar-refractivity contribution in [2.45, 2.75) is 27.7 Å². The average Bonchev–Trinajstić information content (AvgIpc) is 2.25. The molecule has 0 aromatic rings. The molecule has 0 bridgehead atoms. The van der Waals surface area contributed by atoms with E-state index in [1.165, 1.54) is 0 Å². The second kappa shape index (κ2) is 23.2. The lowest BCUT2D eigenvalue weighted by Gasteiger charge is -1.99. The fraction of sp³-hybridized carbons (Fsp3) is 0.900. The lowest BCUT2D eigenvalue weighted by molar-refractivity contribution is 0.213. The Morgan fingerprint density at radius 2 is 1.36 bits per heavy atom. The summed E-state index contributed by atoms with van der Waals surface area (Å²) >= 11 is 3.53. The molecule has 14 heavy (non-hydrogen) atoms. The van der Waals surface area contributed by atoms with Gasteiger partial charge in [-0.25, -0.2) is 0 Å². The topological polar surface area (TPSA) is 21.6 Å². The maximum absolute atomic E-state index is 4.67. The van der Waals surface area contributed by atoms with Gasteiger partial charge in [-0.05, 0) is 12.5 Å². The van der Waals surface area contributed by atoms with Crippen LogP contribution in [-0.2, 0) is 4.84 Å². The first-order valence-electron chi connectivity index (χ1n) is 4.92. The van der Waals surface area contributed by atoms with Crippen LogP contribution in [0, 0.1) is 0 Å². The third-order valence-corrected chi connectivity index (χ3v) is 2.09. The molecule has 0 radical (unpaired) electrons. The first-order chi connectivity index (χ1) is 6.85. The van der Waals surface area contributed by atoms with Gasteiger partial charge in [-0.1, -0.05) is 32.9 Å². The van der Waals surface area contributed by atoms with E-state index < -0.39 is 0 Å². The second-order valence-corrected chi connectivity index (χ2v) is 3.44. The fourth-order valence-electron chi connectivity index (χ4n) is 0.557. The van der Waals surface area contributed by atoms with E-state index in [9.17, 15) is 0 Å². The molecule has 0 fully saturated rings. The highest BCUT2D eigenvalue weighted by molar-refractivity contribution is 8.00. The van der Waals surface area contributed by atoms with Crippen molar-refractivity contribution in [3.63, 3.8) is 0 Å². The summed E-state index contributed by atoms with van der Waals surface area (Å²) in [7, 11) is 1.58. The van der Waals surface area contributed by atoms with E-state index in [1.54, 1.807) is 30.6 Å². The minimum Gasteiger partial charge on any atom is -0.399 e. The zero-order chi connectivity index (χ0) is 11.8. The molecule has 0 heterocycles. The van der Waals surface area contributed by atoms with Gasteiger partial charge in [0.15, 0.2) is 0 Å². The largest absolute Gasteiger partial charge is 0.399 e. The van der Waals surface area contributed by atoms with Crippen LogP contribution in [0.25, 0.3) is 0 Å². The molecular formula is C10H25NOS2. The molecule has 2 nitrogen and oxygen atoms in total. The van der Waals surface area contributed by atoms with E-state index in [1.807, 2.05) is 27.7 Å². The first-order valence-corrected chi connectivity index (χ1v) is 7.70. The standard InChI is InChI=1S/C6H13NOS2.2C2H6/c1-8-7-6(4-9-2)5-10-3;2*1-2/h4-5H2,1-3H3;2*1-2H3. The molecule has 0 aromatic carbocycles. The minimum atomic E-state index is 0.967. The van der Waals surface area contributed by atoms with E-state index in [0.29, 0.717) is 0 Å². The van der Waals surface area contributed by atoms with Crippen LogP contribution in [0.1, 0.15) is 27.7 Å². The van der Waals surface area contributed by atoms with Gasteiger partial charge < -0.3 is 4.84 Å². The highest BCUT2D eigenvalue weighted by Crippen LogP contribution is 2.00. The summed E-state index contributed by atoms with van der Waals surface area (Å²) in [6, 6.07) is 0. The van der Waals surface area contributed by atoms with Gasteiger partial charge in [-0.3, -0.25) is 0 Å². The van der Waals surface area contributed by atoms with Gasteiger partial charge >= 0.3 is 0 Å². The van der Waals surface area contributed by atoms with Crippen molar-refractivity contribution in [1.29, 1.82) is 0 Å². The number of nitrogens with zero attached hydrogens (tertiary/aromatic N) is 1. The van der Waals surface area contributed by atoms with Crippen molar-refractivity contribution in [1.82, 2.24) is 0 Å². The molecule has 0 unspecified atom stereocenters. The SMILES string of the molecule is CC.CC.CON=C(CSC)CSC. The van der Waals surface area contributed by atoms with Gasteiger partial charge in [0.1, 0.15) is 7.11 Å². The van der Waals surface area contributed by atoms with Gasteiger partial charge in [0, 0.05) is 11.5 Å². The van der Waals surface area contributed by atoms with Crippen molar-refractivity contribution in [3.05, 3.63) is 0 Å². The van der Waals surface area contributed by atoms with Crippen LogP contribution in [-0.4, -0.2) is 36.8 Å². The summed E-state index contributed by atoms with van der Waals surface area (Å²) in [5.74, 6) is 1.93. The van der Waals surface area contributed by atoms with Crippen LogP contribution in [0.4, 0.5) is 0 Å². The lowest BCUT2D eigenvalue weighted by Crippen LogP contribution is -2.05. The van der Waals surface area contributed by atoms with Crippen molar-refractivity contribution in [2.75, 3.05) is 31.1 Å².